The quantitative estimate of drug-likeness (QED) is 0.726. The van der Waals surface area contributed by atoms with Crippen molar-refractivity contribution in [1.82, 2.24) is 0 Å². The van der Waals surface area contributed by atoms with E-state index in [0.29, 0.717) is 10.6 Å². The molecule has 0 bridgehead atoms. The fourth-order valence-electron chi connectivity index (χ4n) is 0.841. The standard InChI is InChI=1S/C8H7ClF2O.C2H6/c1-5-4-6(9)2-3-7(5)12-8(10)11;1-2/h2-4,8H,1H3;1-2H3. The van der Waals surface area contributed by atoms with Crippen LogP contribution in [0.5, 0.6) is 5.75 Å². The van der Waals surface area contributed by atoms with Crippen molar-refractivity contribution in [3.8, 4) is 5.75 Å². The van der Waals surface area contributed by atoms with Gasteiger partial charge in [-0.2, -0.15) is 8.78 Å². The lowest BCUT2D eigenvalue weighted by Gasteiger charge is -2.06. The molecule has 0 aliphatic carbocycles. The zero-order valence-corrected chi connectivity index (χ0v) is 9.11. The molecule has 0 atom stereocenters. The summed E-state index contributed by atoms with van der Waals surface area (Å²) in [7, 11) is 0. The number of aryl methyl sites for hydroxylation is 1. The minimum absolute atomic E-state index is 0.161. The highest BCUT2D eigenvalue weighted by Gasteiger charge is 2.06. The number of alkyl halides is 2. The van der Waals surface area contributed by atoms with E-state index in [1.54, 1.807) is 13.0 Å². The van der Waals surface area contributed by atoms with E-state index in [2.05, 4.69) is 4.74 Å². The first-order valence-electron chi connectivity index (χ1n) is 4.30. The van der Waals surface area contributed by atoms with Crippen LogP contribution in [0.4, 0.5) is 8.78 Å². The van der Waals surface area contributed by atoms with E-state index in [0.717, 1.165) is 0 Å². The third-order valence-electron chi connectivity index (χ3n) is 1.35. The van der Waals surface area contributed by atoms with Gasteiger partial charge in [-0.05, 0) is 30.7 Å². The Morgan fingerprint density at radius 3 is 2.29 bits per heavy atom. The summed E-state index contributed by atoms with van der Waals surface area (Å²) in [6, 6.07) is 4.50. The van der Waals surface area contributed by atoms with Gasteiger partial charge in [0.25, 0.3) is 0 Å². The molecule has 0 aromatic heterocycles. The second kappa shape index (κ2) is 6.60. The van der Waals surface area contributed by atoms with Crippen molar-refractivity contribution < 1.29 is 13.5 Å². The molecule has 0 unspecified atom stereocenters. The molecule has 1 aromatic rings. The number of ether oxygens (including phenoxy) is 1. The van der Waals surface area contributed by atoms with Crippen LogP contribution in [0.25, 0.3) is 0 Å². The van der Waals surface area contributed by atoms with Gasteiger partial charge in [-0.25, -0.2) is 0 Å². The predicted molar refractivity (Wildman–Crippen MR) is 54.2 cm³/mol. The highest BCUT2D eigenvalue weighted by atomic mass is 35.5. The van der Waals surface area contributed by atoms with E-state index in [-0.39, 0.29) is 5.75 Å². The summed E-state index contributed by atoms with van der Waals surface area (Å²) in [5.74, 6) is 0.161. The minimum Gasteiger partial charge on any atom is -0.435 e. The monoisotopic (exact) mass is 222 g/mol. The van der Waals surface area contributed by atoms with Gasteiger partial charge < -0.3 is 4.74 Å². The summed E-state index contributed by atoms with van der Waals surface area (Å²) < 4.78 is 27.7. The Hall–Kier alpha value is -0.830. The second-order valence-electron chi connectivity index (χ2n) is 2.29. The van der Waals surface area contributed by atoms with Gasteiger partial charge in [0.15, 0.2) is 0 Å². The van der Waals surface area contributed by atoms with E-state index in [9.17, 15) is 8.78 Å². The zero-order chi connectivity index (χ0) is 11.1. The molecule has 1 rings (SSSR count). The van der Waals surface area contributed by atoms with E-state index >= 15 is 0 Å². The van der Waals surface area contributed by atoms with Crippen LogP contribution in [-0.4, -0.2) is 6.61 Å². The van der Waals surface area contributed by atoms with Gasteiger partial charge in [-0.1, -0.05) is 25.4 Å². The number of hydrogen-bond donors (Lipinski definition) is 0. The fourth-order valence-corrected chi connectivity index (χ4v) is 1.07. The average Bonchev–Trinajstić information content (AvgIpc) is 2.13. The Balaban J connectivity index is 0.000000791. The van der Waals surface area contributed by atoms with Gasteiger partial charge in [0, 0.05) is 5.02 Å². The number of rotatable bonds is 2. The number of benzene rings is 1. The second-order valence-corrected chi connectivity index (χ2v) is 2.72. The first-order valence-corrected chi connectivity index (χ1v) is 4.68. The smallest absolute Gasteiger partial charge is 0.387 e. The predicted octanol–water partition coefficient (Wildman–Crippen LogP) is 4.28. The molecule has 0 aliphatic rings. The lowest BCUT2D eigenvalue weighted by Crippen LogP contribution is -2.02. The van der Waals surface area contributed by atoms with Gasteiger partial charge in [0.1, 0.15) is 5.75 Å². The molecular formula is C10H13ClF2O. The normalized spacial score (nSPS) is 9.36. The van der Waals surface area contributed by atoms with Crippen LogP contribution in [0, 0.1) is 6.92 Å². The van der Waals surface area contributed by atoms with Gasteiger partial charge in [0.05, 0.1) is 0 Å². The minimum atomic E-state index is -2.79. The van der Waals surface area contributed by atoms with Crippen LogP contribution in [0.15, 0.2) is 18.2 Å². The van der Waals surface area contributed by atoms with Crippen molar-refractivity contribution in [2.45, 2.75) is 27.4 Å². The SMILES string of the molecule is CC.Cc1cc(Cl)ccc1OC(F)F. The molecule has 0 aliphatic heterocycles. The van der Waals surface area contributed by atoms with Crippen LogP contribution in [0.1, 0.15) is 19.4 Å². The molecule has 1 aromatic carbocycles. The third-order valence-corrected chi connectivity index (χ3v) is 1.59. The van der Waals surface area contributed by atoms with Crippen molar-refractivity contribution in [3.05, 3.63) is 28.8 Å². The molecule has 4 heteroatoms. The van der Waals surface area contributed by atoms with Gasteiger partial charge in [-0.15, -0.1) is 0 Å². The maximum atomic E-state index is 11.7. The number of hydrogen-bond acceptors (Lipinski definition) is 1. The third kappa shape index (κ3) is 4.42. The summed E-state index contributed by atoms with van der Waals surface area (Å²) >= 11 is 5.61. The van der Waals surface area contributed by atoms with Gasteiger partial charge in [-0.3, -0.25) is 0 Å². The highest BCUT2D eigenvalue weighted by Crippen LogP contribution is 2.23. The average molecular weight is 223 g/mol. The van der Waals surface area contributed by atoms with Crippen LogP contribution < -0.4 is 4.74 Å². The fraction of sp³-hybridized carbons (Fsp3) is 0.400. The van der Waals surface area contributed by atoms with Crippen molar-refractivity contribution >= 4 is 11.6 Å². The Labute approximate surface area is 87.6 Å². The number of halogens is 3. The van der Waals surface area contributed by atoms with Crippen LogP contribution in [-0.2, 0) is 0 Å². The first-order chi connectivity index (χ1) is 6.59. The summed E-state index contributed by atoms with van der Waals surface area (Å²) in [5.41, 5.74) is 0.600. The molecule has 0 radical (unpaired) electrons. The Kier molecular flexibility index (Phi) is 6.21. The molecule has 14 heavy (non-hydrogen) atoms. The molecular weight excluding hydrogens is 210 g/mol. The van der Waals surface area contributed by atoms with E-state index in [1.807, 2.05) is 13.8 Å². The summed E-state index contributed by atoms with van der Waals surface area (Å²) in [5, 5.41) is 0.508. The molecule has 0 saturated carbocycles. The molecule has 0 amide bonds. The van der Waals surface area contributed by atoms with Crippen molar-refractivity contribution in [3.63, 3.8) is 0 Å². The molecule has 1 nitrogen and oxygen atoms in total. The lowest BCUT2D eigenvalue weighted by molar-refractivity contribution is -0.0502. The molecule has 0 fully saturated rings. The highest BCUT2D eigenvalue weighted by molar-refractivity contribution is 6.30. The van der Waals surface area contributed by atoms with E-state index < -0.39 is 6.61 Å². The lowest BCUT2D eigenvalue weighted by atomic mass is 10.2. The summed E-state index contributed by atoms with van der Waals surface area (Å²) in [4.78, 5) is 0. The molecule has 0 heterocycles. The topological polar surface area (TPSA) is 9.23 Å². The molecule has 0 spiro atoms. The Morgan fingerprint density at radius 2 is 1.86 bits per heavy atom. The van der Waals surface area contributed by atoms with Crippen LogP contribution >= 0.6 is 11.6 Å². The molecule has 0 N–H and O–H groups in total. The summed E-state index contributed by atoms with van der Waals surface area (Å²) in [6.07, 6.45) is 0. The molecule has 0 saturated heterocycles. The Morgan fingerprint density at radius 1 is 1.29 bits per heavy atom. The van der Waals surface area contributed by atoms with E-state index in [4.69, 9.17) is 11.6 Å². The van der Waals surface area contributed by atoms with Gasteiger partial charge >= 0.3 is 6.61 Å². The maximum Gasteiger partial charge on any atom is 0.387 e. The zero-order valence-electron chi connectivity index (χ0n) is 8.35. The summed E-state index contributed by atoms with van der Waals surface area (Å²) in [6.45, 7) is 2.87. The van der Waals surface area contributed by atoms with Crippen LogP contribution in [0.3, 0.4) is 0 Å². The van der Waals surface area contributed by atoms with Crippen molar-refractivity contribution in [2.75, 3.05) is 0 Å². The van der Waals surface area contributed by atoms with Crippen molar-refractivity contribution in [1.29, 1.82) is 0 Å². The van der Waals surface area contributed by atoms with Gasteiger partial charge in [0.2, 0.25) is 0 Å². The van der Waals surface area contributed by atoms with E-state index in [1.165, 1.54) is 12.1 Å². The molecule has 80 valence electrons. The first kappa shape index (κ1) is 13.2. The van der Waals surface area contributed by atoms with Crippen LogP contribution in [0.2, 0.25) is 5.02 Å². The Bertz CT molecular complexity index is 277. The largest absolute Gasteiger partial charge is 0.435 e. The maximum absolute atomic E-state index is 11.7. The van der Waals surface area contributed by atoms with Crippen molar-refractivity contribution in [2.24, 2.45) is 0 Å².